The minimum atomic E-state index is -0.104. The summed E-state index contributed by atoms with van der Waals surface area (Å²) in [5.41, 5.74) is 7.23. The third kappa shape index (κ3) is 10.5. The zero-order valence-corrected chi connectivity index (χ0v) is 27.3. The summed E-state index contributed by atoms with van der Waals surface area (Å²) >= 11 is 0. The van der Waals surface area contributed by atoms with Gasteiger partial charge in [-0.15, -0.1) is 0 Å². The molecule has 4 aromatic carbocycles. The summed E-state index contributed by atoms with van der Waals surface area (Å²) in [5.74, 6) is 1.13. The number of phenols is 1. The van der Waals surface area contributed by atoms with E-state index >= 15 is 0 Å². The number of rotatable bonds is 6. The van der Waals surface area contributed by atoms with E-state index in [1.165, 1.54) is 11.1 Å². The molecule has 0 saturated carbocycles. The van der Waals surface area contributed by atoms with E-state index in [1.54, 1.807) is 6.21 Å². The van der Waals surface area contributed by atoms with Gasteiger partial charge in [0.1, 0.15) is 5.75 Å². The van der Waals surface area contributed by atoms with Gasteiger partial charge in [0, 0.05) is 38.4 Å². The average molecular weight is 640 g/mol. The van der Waals surface area contributed by atoms with Crippen molar-refractivity contribution in [3.8, 4) is 5.75 Å². The monoisotopic (exact) mass is 639 g/mol. The molecule has 3 nitrogen and oxygen atoms in total. The van der Waals surface area contributed by atoms with Crippen molar-refractivity contribution in [3.05, 3.63) is 132 Å². The van der Waals surface area contributed by atoms with E-state index in [0.717, 1.165) is 28.1 Å². The number of aromatic hydroxyl groups is 1. The third-order valence-electron chi connectivity index (χ3n) is 6.47. The first-order valence-corrected chi connectivity index (χ1v) is 13.7. The van der Waals surface area contributed by atoms with Crippen LogP contribution in [-0.4, -0.2) is 17.5 Å². The Labute approximate surface area is 262 Å². The Hall–Kier alpha value is -3.32. The topological polar surface area (TPSA) is 45.0 Å². The number of phenolic OH excluding ortho intramolecular Hbond substituents is 1. The van der Waals surface area contributed by atoms with Crippen molar-refractivity contribution in [2.75, 3.05) is 0 Å². The molecule has 0 spiro atoms. The molecule has 0 aliphatic heterocycles. The Morgan fingerprint density at radius 3 is 1.66 bits per heavy atom. The van der Waals surface area contributed by atoms with Crippen LogP contribution in [0.15, 0.2) is 107 Å². The number of hydrogen-bond acceptors (Lipinski definition) is 3. The molecule has 0 aliphatic carbocycles. The van der Waals surface area contributed by atoms with E-state index in [1.807, 2.05) is 85.1 Å². The average Bonchev–Trinajstić information content (AvgIpc) is 2.92. The zero-order valence-electron chi connectivity index (χ0n) is 25.7. The van der Waals surface area contributed by atoms with Crippen molar-refractivity contribution >= 4 is 23.8 Å². The number of benzene rings is 4. The summed E-state index contributed by atoms with van der Waals surface area (Å²) in [6.07, 6.45) is 3.67. The van der Waals surface area contributed by atoms with E-state index in [9.17, 15) is 5.11 Å². The van der Waals surface area contributed by atoms with Gasteiger partial charge in [0.25, 0.3) is 0 Å². The number of hydrogen-bond donors (Lipinski definition) is 1. The minimum absolute atomic E-state index is 0. The maximum atomic E-state index is 10.7. The van der Waals surface area contributed by atoms with E-state index < -0.39 is 0 Å². The van der Waals surface area contributed by atoms with Gasteiger partial charge >= 0.3 is 0 Å². The predicted molar refractivity (Wildman–Crippen MR) is 175 cm³/mol. The molecule has 4 heteroatoms. The molecule has 0 atom stereocenters. The van der Waals surface area contributed by atoms with Crippen molar-refractivity contribution in [3.63, 3.8) is 0 Å². The molecule has 41 heavy (non-hydrogen) atoms. The Morgan fingerprint density at radius 2 is 1.15 bits per heavy atom. The molecule has 1 N–H and O–H groups in total. The van der Waals surface area contributed by atoms with Crippen molar-refractivity contribution < 1.29 is 25.5 Å². The van der Waals surface area contributed by atoms with Gasteiger partial charge < -0.3 is 12.5 Å². The van der Waals surface area contributed by atoms with E-state index in [-0.39, 0.29) is 33.3 Å². The molecule has 220 valence electrons. The molecule has 0 fully saturated rings. The van der Waals surface area contributed by atoms with Gasteiger partial charge in [0.2, 0.25) is 0 Å². The van der Waals surface area contributed by atoms with Crippen LogP contribution >= 0.6 is 0 Å². The number of para-hydroxylation sites is 3. The normalized spacial score (nSPS) is 11.2. The molecule has 0 saturated heterocycles. The number of nitrogens with zero attached hydrogens (tertiary/aromatic N) is 2. The predicted octanol–water partition coefficient (Wildman–Crippen LogP) is 10.6. The minimum Gasteiger partial charge on any atom is -0.507 e. The van der Waals surface area contributed by atoms with Crippen molar-refractivity contribution in [1.82, 2.24) is 0 Å². The summed E-state index contributed by atoms with van der Waals surface area (Å²) in [6, 6.07) is 32.3. The number of aliphatic imine (C=N–C) groups is 2. The second-order valence-electron chi connectivity index (χ2n) is 11.4. The molecule has 0 amide bonds. The first kappa shape index (κ1) is 35.7. The molecule has 0 heterocycles. The largest absolute Gasteiger partial charge is 0.507 e. The molecular weight excluding hydrogens is 595 g/mol. The Kier molecular flexibility index (Phi) is 14.7. The van der Waals surface area contributed by atoms with Gasteiger partial charge in [0.15, 0.2) is 0 Å². The van der Waals surface area contributed by atoms with Gasteiger partial charge in [-0.25, -0.2) is 0 Å². The third-order valence-corrected chi connectivity index (χ3v) is 6.47. The van der Waals surface area contributed by atoms with Gasteiger partial charge in [-0.2, -0.15) is 0 Å². The maximum Gasteiger partial charge on any atom is 0.128 e. The van der Waals surface area contributed by atoms with Gasteiger partial charge in [-0.3, -0.25) is 9.98 Å². The molecule has 4 aromatic rings. The van der Waals surface area contributed by atoms with Crippen LogP contribution in [0.1, 0.15) is 88.1 Å². The van der Waals surface area contributed by atoms with Crippen LogP contribution in [0.2, 0.25) is 0 Å². The molecule has 0 aliphatic rings. The van der Waals surface area contributed by atoms with E-state index in [2.05, 4.69) is 71.7 Å². The second kappa shape index (κ2) is 16.8. The Morgan fingerprint density at radius 1 is 0.634 bits per heavy atom. The molecule has 0 radical (unpaired) electrons. The SMILES string of the molecule is C(=Nc1ccccc1)c1ccccc1.CC(C)c1cccc(C(C)C)c1N=Cc1cccc(C(C)(C)C)c1O.[CH3-].[Pd]. The van der Waals surface area contributed by atoms with Crippen LogP contribution in [0.4, 0.5) is 11.4 Å². The van der Waals surface area contributed by atoms with E-state index in [0.29, 0.717) is 17.6 Å². The van der Waals surface area contributed by atoms with Crippen LogP contribution in [0.25, 0.3) is 0 Å². The van der Waals surface area contributed by atoms with Gasteiger partial charge in [0.05, 0.1) is 11.4 Å². The van der Waals surface area contributed by atoms with Crippen molar-refractivity contribution in [2.45, 2.75) is 65.7 Å². The second-order valence-corrected chi connectivity index (χ2v) is 11.4. The van der Waals surface area contributed by atoms with Crippen LogP contribution in [0, 0.1) is 7.43 Å². The summed E-state index contributed by atoms with van der Waals surface area (Å²) in [5, 5.41) is 10.7. The summed E-state index contributed by atoms with van der Waals surface area (Å²) in [6.45, 7) is 15.1. The van der Waals surface area contributed by atoms with Crippen molar-refractivity contribution in [1.29, 1.82) is 0 Å². The fourth-order valence-corrected chi connectivity index (χ4v) is 4.27. The van der Waals surface area contributed by atoms with E-state index in [4.69, 9.17) is 4.99 Å². The van der Waals surface area contributed by atoms with Crippen LogP contribution in [0.5, 0.6) is 5.75 Å². The van der Waals surface area contributed by atoms with Gasteiger partial charge in [-0.1, -0.05) is 127 Å². The summed E-state index contributed by atoms with van der Waals surface area (Å²) in [7, 11) is 0. The molecule has 4 rings (SSSR count). The molecule has 0 aromatic heterocycles. The summed E-state index contributed by atoms with van der Waals surface area (Å²) in [4.78, 5) is 9.17. The van der Waals surface area contributed by atoms with Crippen molar-refractivity contribution in [2.24, 2.45) is 9.98 Å². The van der Waals surface area contributed by atoms with Crippen LogP contribution < -0.4 is 0 Å². The first-order valence-electron chi connectivity index (χ1n) is 13.7. The van der Waals surface area contributed by atoms with Crippen LogP contribution in [-0.2, 0) is 25.8 Å². The standard InChI is InChI=1S/C23H31NO.C13H11N.CH3.Pd/c1-15(2)18-11-9-12-19(16(3)4)21(18)24-14-17-10-8-13-20(22(17)25)23(5,6)7;1-3-7-12(8-4-1)11-14-13-9-5-2-6-10-13;;/h8-16,25H,1-7H3;1-11H;1H3;/q;;-1;. The fourth-order valence-electron chi connectivity index (χ4n) is 4.27. The Bertz CT molecular complexity index is 1320. The smallest absolute Gasteiger partial charge is 0.128 e. The summed E-state index contributed by atoms with van der Waals surface area (Å²) < 4.78 is 0. The zero-order chi connectivity index (χ0) is 28.4. The first-order chi connectivity index (χ1) is 18.6. The fraction of sp³-hybridized carbons (Fsp3) is 0.270. The molecular formula is C37H45N2OPd-. The molecule has 0 bridgehead atoms. The quantitative estimate of drug-likeness (QED) is 0.127. The molecule has 0 unspecified atom stereocenters. The van der Waals surface area contributed by atoms with Crippen LogP contribution in [0.3, 0.4) is 0 Å². The maximum absolute atomic E-state index is 10.7. The van der Waals surface area contributed by atoms with Gasteiger partial charge in [-0.05, 0) is 57.7 Å². The Balaban J connectivity index is 0.000000447.